The average molecular weight is 495 g/mol. The quantitative estimate of drug-likeness (QED) is 0.345. The third-order valence-corrected chi connectivity index (χ3v) is 8.83. The predicted molar refractivity (Wildman–Crippen MR) is 132 cm³/mol. The number of hydrogen-bond donors (Lipinski definition) is 1. The molecule has 0 unspecified atom stereocenters. The number of carbonyl (C=O) groups excluding carboxylic acids is 3. The SMILES string of the molecule is CON(C)C(=O)[Si](CCC(=O)N(C)CCc1ccccc1Cl)NC(=O)CCC1CCCCC1. The highest BCUT2D eigenvalue weighted by Crippen LogP contribution is 2.27. The second-order valence-electron chi connectivity index (χ2n) is 8.71. The lowest BCUT2D eigenvalue weighted by Gasteiger charge is -2.23. The average Bonchev–Trinajstić information content (AvgIpc) is 2.84. The van der Waals surface area contributed by atoms with Gasteiger partial charge in [0, 0.05) is 38.5 Å². The fourth-order valence-electron chi connectivity index (χ4n) is 4.07. The van der Waals surface area contributed by atoms with E-state index in [4.69, 9.17) is 16.4 Å². The van der Waals surface area contributed by atoms with E-state index in [1.54, 1.807) is 11.9 Å². The van der Waals surface area contributed by atoms with Gasteiger partial charge in [-0.1, -0.05) is 61.9 Å². The van der Waals surface area contributed by atoms with Gasteiger partial charge in [0.2, 0.25) is 17.3 Å². The van der Waals surface area contributed by atoms with E-state index in [1.807, 2.05) is 24.3 Å². The highest BCUT2D eigenvalue weighted by Gasteiger charge is 2.29. The summed E-state index contributed by atoms with van der Waals surface area (Å²) in [5.74, 6) is 0.437. The van der Waals surface area contributed by atoms with Crippen molar-refractivity contribution in [1.82, 2.24) is 14.9 Å². The van der Waals surface area contributed by atoms with E-state index in [1.165, 1.54) is 46.3 Å². The first-order chi connectivity index (χ1) is 15.8. The van der Waals surface area contributed by atoms with E-state index in [2.05, 4.69) is 4.98 Å². The maximum atomic E-state index is 12.7. The molecule has 0 spiro atoms. The molecule has 9 heteroatoms. The molecule has 2 rings (SSSR count). The second-order valence-corrected chi connectivity index (χ2v) is 11.3. The molecule has 0 atom stereocenters. The molecule has 0 saturated heterocycles. The van der Waals surface area contributed by atoms with E-state index in [0.717, 1.165) is 17.0 Å². The van der Waals surface area contributed by atoms with Crippen molar-refractivity contribution in [3.05, 3.63) is 34.9 Å². The molecule has 1 saturated carbocycles. The van der Waals surface area contributed by atoms with Gasteiger partial charge in [-0.05, 0) is 36.4 Å². The molecule has 7 nitrogen and oxygen atoms in total. The summed E-state index contributed by atoms with van der Waals surface area (Å²) < 4.78 is 0. The van der Waals surface area contributed by atoms with Crippen molar-refractivity contribution in [2.45, 2.75) is 63.8 Å². The molecular formula is C24H37ClN3O4Si. The van der Waals surface area contributed by atoms with Crippen LogP contribution < -0.4 is 4.98 Å². The van der Waals surface area contributed by atoms with Crippen molar-refractivity contribution in [1.29, 1.82) is 0 Å². The van der Waals surface area contributed by atoms with Gasteiger partial charge in [0.15, 0.2) is 0 Å². The fraction of sp³-hybridized carbons (Fsp3) is 0.625. The molecule has 183 valence electrons. The van der Waals surface area contributed by atoms with E-state index < -0.39 is 8.96 Å². The molecule has 0 aromatic heterocycles. The van der Waals surface area contributed by atoms with Gasteiger partial charge in [0.05, 0.1) is 7.11 Å². The number of likely N-dealkylation sites (N-methyl/N-ethyl adjacent to an activating group) is 1. The van der Waals surface area contributed by atoms with E-state index in [9.17, 15) is 14.4 Å². The summed E-state index contributed by atoms with van der Waals surface area (Å²) in [6.45, 7) is 0.532. The Balaban J connectivity index is 1.85. The summed E-state index contributed by atoms with van der Waals surface area (Å²) in [7, 11) is 2.69. The Morgan fingerprint density at radius 2 is 1.82 bits per heavy atom. The van der Waals surface area contributed by atoms with Crippen LogP contribution in [0.25, 0.3) is 0 Å². The Hall–Kier alpha value is -1.90. The van der Waals surface area contributed by atoms with Crippen LogP contribution in [0.4, 0.5) is 4.79 Å². The maximum absolute atomic E-state index is 12.7. The minimum Gasteiger partial charge on any atom is -0.374 e. The smallest absolute Gasteiger partial charge is 0.284 e. The van der Waals surface area contributed by atoms with Gasteiger partial charge in [0.25, 0.3) is 8.96 Å². The molecule has 1 aromatic carbocycles. The summed E-state index contributed by atoms with van der Waals surface area (Å²) in [5, 5.41) is 1.83. The summed E-state index contributed by atoms with van der Waals surface area (Å²) in [6.07, 6.45) is 8.27. The fourth-order valence-corrected chi connectivity index (χ4v) is 6.15. The van der Waals surface area contributed by atoms with Crippen molar-refractivity contribution in [2.24, 2.45) is 5.92 Å². The van der Waals surface area contributed by atoms with Crippen molar-refractivity contribution in [3.63, 3.8) is 0 Å². The van der Waals surface area contributed by atoms with Crippen molar-refractivity contribution >= 4 is 37.9 Å². The molecule has 1 fully saturated rings. The predicted octanol–water partition coefficient (Wildman–Crippen LogP) is 4.39. The number of carbonyl (C=O) groups is 3. The highest BCUT2D eigenvalue weighted by atomic mass is 35.5. The number of amides is 3. The lowest BCUT2D eigenvalue weighted by molar-refractivity contribution is -0.129. The number of halogens is 1. The van der Waals surface area contributed by atoms with Gasteiger partial charge < -0.3 is 9.88 Å². The van der Waals surface area contributed by atoms with Gasteiger partial charge in [-0.15, -0.1) is 0 Å². The number of nitrogens with one attached hydrogen (secondary N) is 1. The monoisotopic (exact) mass is 494 g/mol. The van der Waals surface area contributed by atoms with Crippen LogP contribution in [-0.4, -0.2) is 64.0 Å². The first-order valence-electron chi connectivity index (χ1n) is 11.8. The van der Waals surface area contributed by atoms with E-state index in [-0.39, 0.29) is 23.8 Å². The van der Waals surface area contributed by atoms with Crippen LogP contribution in [0.15, 0.2) is 24.3 Å². The normalized spacial score (nSPS) is 14.2. The van der Waals surface area contributed by atoms with Gasteiger partial charge >= 0.3 is 0 Å². The van der Waals surface area contributed by atoms with Crippen molar-refractivity contribution in [2.75, 3.05) is 27.7 Å². The minimum absolute atomic E-state index is 0.0612. The lowest BCUT2D eigenvalue weighted by atomic mass is 9.86. The zero-order valence-corrected chi connectivity index (χ0v) is 21.8. The van der Waals surface area contributed by atoms with Crippen LogP contribution in [0.5, 0.6) is 0 Å². The molecule has 0 bridgehead atoms. The molecule has 0 aliphatic heterocycles. The van der Waals surface area contributed by atoms with Crippen LogP contribution in [-0.2, 0) is 20.8 Å². The van der Waals surface area contributed by atoms with E-state index in [0.29, 0.717) is 36.4 Å². The molecule has 1 aromatic rings. The third kappa shape index (κ3) is 9.47. The Labute approximate surface area is 204 Å². The molecule has 0 heterocycles. The van der Waals surface area contributed by atoms with Gasteiger partial charge in [-0.3, -0.25) is 19.2 Å². The molecule has 1 aliphatic carbocycles. The summed E-state index contributed by atoms with van der Waals surface area (Å²) in [4.78, 5) is 47.6. The summed E-state index contributed by atoms with van der Waals surface area (Å²) >= 11 is 6.20. The highest BCUT2D eigenvalue weighted by molar-refractivity contribution is 6.89. The maximum Gasteiger partial charge on any atom is 0.284 e. The standard InChI is InChI=1S/C24H37ClN3O4Si/c1-27(17-15-20-11-7-8-12-21(20)25)23(30)16-18-33(24(31)28(2)32-3)26-22(29)14-13-19-9-5-4-6-10-19/h7-8,11-12,19H,4-6,9-10,13-18H2,1-3H3,(H,26,29). The molecular weight excluding hydrogens is 458 g/mol. The van der Waals surface area contributed by atoms with Gasteiger partial charge in [-0.25, -0.2) is 5.06 Å². The molecule has 1 aliphatic rings. The zero-order chi connectivity index (χ0) is 24.2. The molecule has 1 radical (unpaired) electrons. The Kier molecular flexibility index (Phi) is 11.9. The molecule has 3 amide bonds. The van der Waals surface area contributed by atoms with Crippen molar-refractivity contribution < 1.29 is 19.2 Å². The number of benzene rings is 1. The Morgan fingerprint density at radius 1 is 1.12 bits per heavy atom. The third-order valence-electron chi connectivity index (χ3n) is 6.30. The first kappa shape index (κ1) is 27.3. The number of hydroxylamine groups is 2. The summed E-state index contributed by atoms with van der Waals surface area (Å²) in [5.41, 5.74) is 0.728. The topological polar surface area (TPSA) is 79.0 Å². The molecule has 33 heavy (non-hydrogen) atoms. The van der Waals surface area contributed by atoms with Gasteiger partial charge in [0.1, 0.15) is 0 Å². The van der Waals surface area contributed by atoms with Crippen LogP contribution >= 0.6 is 11.6 Å². The first-order valence-corrected chi connectivity index (χ1v) is 13.9. The van der Waals surface area contributed by atoms with Crippen LogP contribution in [0.3, 0.4) is 0 Å². The Bertz CT molecular complexity index is 789. The number of hydrogen-bond acceptors (Lipinski definition) is 4. The number of nitrogens with zero attached hydrogens (tertiary/aromatic N) is 2. The summed E-state index contributed by atoms with van der Waals surface area (Å²) in [6, 6.07) is 7.90. The van der Waals surface area contributed by atoms with Gasteiger partial charge in [-0.2, -0.15) is 0 Å². The number of rotatable bonds is 12. The van der Waals surface area contributed by atoms with Crippen LogP contribution in [0.1, 0.15) is 56.9 Å². The lowest BCUT2D eigenvalue weighted by Crippen LogP contribution is -2.50. The minimum atomic E-state index is -1.99. The second kappa shape index (κ2) is 14.4. The zero-order valence-electron chi connectivity index (χ0n) is 20.1. The largest absolute Gasteiger partial charge is 0.374 e. The van der Waals surface area contributed by atoms with E-state index >= 15 is 0 Å². The molecule has 1 N–H and O–H groups in total. The Morgan fingerprint density at radius 3 is 2.48 bits per heavy atom. The van der Waals surface area contributed by atoms with Crippen LogP contribution in [0.2, 0.25) is 11.1 Å². The van der Waals surface area contributed by atoms with Crippen molar-refractivity contribution in [3.8, 4) is 0 Å². The van der Waals surface area contributed by atoms with Crippen LogP contribution in [0, 0.1) is 5.92 Å².